The number of hydrogen-bond donors (Lipinski definition) is 2. The van der Waals surface area contributed by atoms with E-state index in [-0.39, 0.29) is 24.0 Å². The fourth-order valence-electron chi connectivity index (χ4n) is 3.86. The number of H-pyrrole nitrogens is 1. The number of aromatic nitrogens is 6. The Morgan fingerprint density at radius 3 is 2.96 bits per heavy atom. The molecule has 0 unspecified atom stereocenters. The van der Waals surface area contributed by atoms with Gasteiger partial charge in [0.15, 0.2) is 11.5 Å². The van der Waals surface area contributed by atoms with E-state index in [1.54, 1.807) is 25.6 Å². The van der Waals surface area contributed by atoms with Crippen LogP contribution in [0.5, 0.6) is 0 Å². The van der Waals surface area contributed by atoms with Gasteiger partial charge in [0.1, 0.15) is 23.5 Å². The normalized spacial score (nSPS) is 20.4. The number of methoxy groups -OCH3 is 1. The zero-order valence-electron chi connectivity index (χ0n) is 15.6. The highest BCUT2D eigenvalue weighted by Crippen LogP contribution is 2.39. The van der Waals surface area contributed by atoms with Crippen molar-refractivity contribution in [1.29, 1.82) is 0 Å². The fraction of sp³-hybridized carbons (Fsp3) is 0.368. The van der Waals surface area contributed by atoms with Crippen molar-refractivity contribution in [1.82, 2.24) is 29.5 Å². The van der Waals surface area contributed by atoms with Gasteiger partial charge in [-0.15, -0.1) is 0 Å². The predicted octanol–water partition coefficient (Wildman–Crippen LogP) is 3.36. The van der Waals surface area contributed by atoms with E-state index >= 15 is 0 Å². The van der Waals surface area contributed by atoms with Gasteiger partial charge in [0, 0.05) is 13.2 Å². The number of aromatic amines is 1. The van der Waals surface area contributed by atoms with Crippen LogP contribution in [-0.4, -0.2) is 42.7 Å². The van der Waals surface area contributed by atoms with Gasteiger partial charge in [0.05, 0.1) is 29.5 Å². The van der Waals surface area contributed by atoms with E-state index in [1.165, 1.54) is 12.4 Å². The van der Waals surface area contributed by atoms with Crippen LogP contribution in [0, 0.1) is 5.82 Å². The molecule has 1 saturated carbocycles. The zero-order valence-corrected chi connectivity index (χ0v) is 15.6. The SMILES string of the molecule is COC1CC(n2c([C@H](C)Nc3ncnc4nc[nH]c34)nc3ccc(F)cc32)C1. The monoisotopic (exact) mass is 381 g/mol. The van der Waals surface area contributed by atoms with E-state index in [1.807, 2.05) is 6.92 Å². The molecule has 5 rings (SSSR count). The predicted molar refractivity (Wildman–Crippen MR) is 102 cm³/mol. The first kappa shape index (κ1) is 17.1. The largest absolute Gasteiger partial charge is 0.381 e. The summed E-state index contributed by atoms with van der Waals surface area (Å²) in [5.41, 5.74) is 2.92. The second kappa shape index (κ2) is 6.52. The highest BCUT2D eigenvalue weighted by molar-refractivity contribution is 5.82. The molecule has 28 heavy (non-hydrogen) atoms. The minimum atomic E-state index is -0.265. The summed E-state index contributed by atoms with van der Waals surface area (Å²) < 4.78 is 21.5. The molecule has 0 amide bonds. The number of rotatable bonds is 5. The molecular formula is C19H20FN7O. The third kappa shape index (κ3) is 2.70. The minimum Gasteiger partial charge on any atom is -0.381 e. The molecule has 0 spiro atoms. The number of hydrogen-bond acceptors (Lipinski definition) is 6. The van der Waals surface area contributed by atoms with Crippen molar-refractivity contribution in [2.24, 2.45) is 0 Å². The van der Waals surface area contributed by atoms with Crippen LogP contribution in [0.15, 0.2) is 30.9 Å². The van der Waals surface area contributed by atoms with E-state index in [2.05, 4.69) is 29.8 Å². The fourth-order valence-corrected chi connectivity index (χ4v) is 3.86. The number of imidazole rings is 2. The molecule has 0 radical (unpaired) electrons. The Morgan fingerprint density at radius 2 is 2.14 bits per heavy atom. The molecule has 8 nitrogen and oxygen atoms in total. The molecular weight excluding hydrogens is 361 g/mol. The van der Waals surface area contributed by atoms with E-state index in [9.17, 15) is 4.39 Å². The highest BCUT2D eigenvalue weighted by atomic mass is 19.1. The number of nitrogens with one attached hydrogen (secondary N) is 2. The van der Waals surface area contributed by atoms with Crippen molar-refractivity contribution < 1.29 is 9.13 Å². The quantitative estimate of drug-likeness (QED) is 0.551. The maximum atomic E-state index is 13.9. The summed E-state index contributed by atoms with van der Waals surface area (Å²) in [6.07, 6.45) is 5.07. The number of anilines is 1. The van der Waals surface area contributed by atoms with Crippen molar-refractivity contribution >= 4 is 28.0 Å². The van der Waals surface area contributed by atoms with Crippen LogP contribution < -0.4 is 5.32 Å². The summed E-state index contributed by atoms with van der Waals surface area (Å²) in [6.45, 7) is 2.02. The van der Waals surface area contributed by atoms with Crippen molar-refractivity contribution in [2.75, 3.05) is 12.4 Å². The molecule has 0 saturated heterocycles. The first-order valence-electron chi connectivity index (χ1n) is 9.25. The summed E-state index contributed by atoms with van der Waals surface area (Å²) in [6, 6.07) is 4.80. The van der Waals surface area contributed by atoms with Crippen molar-refractivity contribution in [3.63, 3.8) is 0 Å². The molecule has 1 aliphatic carbocycles. The summed E-state index contributed by atoms with van der Waals surface area (Å²) in [5.74, 6) is 1.23. The molecule has 1 fully saturated rings. The van der Waals surface area contributed by atoms with E-state index < -0.39 is 0 Å². The van der Waals surface area contributed by atoms with Crippen LogP contribution in [-0.2, 0) is 4.74 Å². The molecule has 144 valence electrons. The first-order chi connectivity index (χ1) is 13.6. The van der Waals surface area contributed by atoms with Gasteiger partial charge in [0.2, 0.25) is 0 Å². The van der Waals surface area contributed by atoms with Crippen molar-refractivity contribution in [2.45, 2.75) is 38.0 Å². The number of ether oxygens (including phenoxy) is 1. The molecule has 0 bridgehead atoms. The van der Waals surface area contributed by atoms with Crippen LogP contribution >= 0.6 is 0 Å². The average molecular weight is 381 g/mol. The Balaban J connectivity index is 1.55. The van der Waals surface area contributed by atoms with E-state index in [0.717, 1.165) is 35.2 Å². The molecule has 3 heterocycles. The van der Waals surface area contributed by atoms with Gasteiger partial charge in [-0.05, 0) is 38.0 Å². The maximum Gasteiger partial charge on any atom is 0.182 e. The first-order valence-corrected chi connectivity index (χ1v) is 9.25. The molecule has 1 aliphatic rings. The molecule has 1 aromatic carbocycles. The third-order valence-electron chi connectivity index (χ3n) is 5.41. The Labute approximate surface area is 160 Å². The average Bonchev–Trinajstić information content (AvgIpc) is 3.26. The van der Waals surface area contributed by atoms with Crippen LogP contribution in [0.2, 0.25) is 0 Å². The lowest BCUT2D eigenvalue weighted by Gasteiger charge is -2.37. The van der Waals surface area contributed by atoms with Gasteiger partial charge >= 0.3 is 0 Å². The summed E-state index contributed by atoms with van der Waals surface area (Å²) in [7, 11) is 1.72. The second-order valence-electron chi connectivity index (χ2n) is 7.15. The third-order valence-corrected chi connectivity index (χ3v) is 5.41. The maximum absolute atomic E-state index is 13.9. The number of benzene rings is 1. The lowest BCUT2D eigenvalue weighted by molar-refractivity contribution is 0.00642. The van der Waals surface area contributed by atoms with Crippen LogP contribution in [0.3, 0.4) is 0 Å². The lowest BCUT2D eigenvalue weighted by Crippen LogP contribution is -2.34. The number of fused-ring (bicyclic) bond motifs is 2. The van der Waals surface area contributed by atoms with Gasteiger partial charge in [-0.3, -0.25) is 0 Å². The zero-order chi connectivity index (χ0) is 19.3. The van der Waals surface area contributed by atoms with Gasteiger partial charge in [-0.2, -0.15) is 0 Å². The van der Waals surface area contributed by atoms with E-state index in [4.69, 9.17) is 9.72 Å². The lowest BCUT2D eigenvalue weighted by atomic mass is 9.88. The summed E-state index contributed by atoms with van der Waals surface area (Å²) in [5, 5.41) is 3.40. The van der Waals surface area contributed by atoms with Crippen molar-refractivity contribution in [3.05, 3.63) is 42.5 Å². The van der Waals surface area contributed by atoms with E-state index in [0.29, 0.717) is 11.5 Å². The molecule has 1 atom stereocenters. The van der Waals surface area contributed by atoms with Gasteiger partial charge in [-0.25, -0.2) is 24.3 Å². The van der Waals surface area contributed by atoms with Gasteiger partial charge in [-0.1, -0.05) is 0 Å². The van der Waals surface area contributed by atoms with Crippen molar-refractivity contribution in [3.8, 4) is 0 Å². The Morgan fingerprint density at radius 1 is 1.29 bits per heavy atom. The summed E-state index contributed by atoms with van der Waals surface area (Å²) >= 11 is 0. The topological polar surface area (TPSA) is 93.5 Å². The Bertz CT molecular complexity index is 1150. The molecule has 0 aliphatic heterocycles. The van der Waals surface area contributed by atoms with Crippen LogP contribution in [0.4, 0.5) is 10.2 Å². The highest BCUT2D eigenvalue weighted by Gasteiger charge is 2.34. The minimum absolute atomic E-state index is 0.154. The Hall–Kier alpha value is -3.07. The number of nitrogens with zero attached hydrogens (tertiary/aromatic N) is 5. The number of halogens is 1. The van der Waals surface area contributed by atoms with Gasteiger partial charge in [0.25, 0.3) is 0 Å². The molecule has 9 heteroatoms. The van der Waals surface area contributed by atoms with Gasteiger partial charge < -0.3 is 19.6 Å². The molecule has 3 aromatic heterocycles. The summed E-state index contributed by atoms with van der Waals surface area (Å²) in [4.78, 5) is 20.5. The molecule has 4 aromatic rings. The Kier molecular flexibility index (Phi) is 3.97. The smallest absolute Gasteiger partial charge is 0.182 e. The standard InChI is InChI=1S/C19H20FN7O/c1-10(25-18-16-17(22-8-21-16)23-9-24-18)19-26-14-4-3-11(20)5-15(14)27(19)12-6-13(7-12)28-2/h3-5,8-10,12-13H,6-7H2,1-2H3,(H2,21,22,23,24,25)/t10-,12?,13?/m0/s1. The second-order valence-corrected chi connectivity index (χ2v) is 7.15. The molecule has 2 N–H and O–H groups in total. The van der Waals surface area contributed by atoms with Crippen LogP contribution in [0.25, 0.3) is 22.2 Å². The van der Waals surface area contributed by atoms with Crippen LogP contribution in [0.1, 0.15) is 37.7 Å².